The van der Waals surface area contributed by atoms with Crippen LogP contribution in [-0.2, 0) is 21.4 Å². The van der Waals surface area contributed by atoms with Crippen LogP contribution in [0.15, 0.2) is 6.07 Å². The number of hydrogen-bond acceptors (Lipinski definition) is 6. The van der Waals surface area contributed by atoms with E-state index in [1.807, 2.05) is 0 Å². The zero-order valence-electron chi connectivity index (χ0n) is 13.2. The highest BCUT2D eigenvalue weighted by Gasteiger charge is 2.20. The van der Waals surface area contributed by atoms with Gasteiger partial charge in [0, 0.05) is 26.2 Å². The molecule has 1 fully saturated rings. The fourth-order valence-electron chi connectivity index (χ4n) is 2.20. The van der Waals surface area contributed by atoms with Crippen LogP contribution in [0.25, 0.3) is 0 Å². The first-order valence-corrected chi connectivity index (χ1v) is 7.31. The smallest absolute Gasteiger partial charge is 0.325 e. The van der Waals surface area contributed by atoms with Crippen molar-refractivity contribution < 1.29 is 23.9 Å². The van der Waals surface area contributed by atoms with Crippen molar-refractivity contribution in [2.75, 3.05) is 33.4 Å². The molecule has 9 nitrogen and oxygen atoms in total. The van der Waals surface area contributed by atoms with Crippen molar-refractivity contribution in [3.63, 3.8) is 0 Å². The van der Waals surface area contributed by atoms with Gasteiger partial charge < -0.3 is 19.7 Å². The molecule has 1 aromatic rings. The molecule has 0 bridgehead atoms. The monoisotopic (exact) mass is 324 g/mol. The van der Waals surface area contributed by atoms with Gasteiger partial charge in [0.2, 0.25) is 5.88 Å². The molecule has 1 aliphatic rings. The third-order valence-electron chi connectivity index (χ3n) is 3.49. The number of likely N-dealkylation sites (tertiary alicyclic amines) is 1. The van der Waals surface area contributed by atoms with Crippen molar-refractivity contribution in [1.82, 2.24) is 20.0 Å². The summed E-state index contributed by atoms with van der Waals surface area (Å²) in [5.74, 6) is -0.852. The maximum Gasteiger partial charge on any atom is 0.325 e. The SMILES string of the molecule is COC(=O)CNC(=O)c1cc(OCC(=O)N2CCCC2)n(C)n1. The number of carbonyl (C=O) groups excluding carboxylic acids is 3. The van der Waals surface area contributed by atoms with Crippen molar-refractivity contribution >= 4 is 17.8 Å². The number of hydrogen-bond donors (Lipinski definition) is 1. The van der Waals surface area contributed by atoms with E-state index in [9.17, 15) is 14.4 Å². The topological polar surface area (TPSA) is 103 Å². The van der Waals surface area contributed by atoms with Crippen molar-refractivity contribution in [3.8, 4) is 5.88 Å². The molecule has 0 atom stereocenters. The van der Waals surface area contributed by atoms with Gasteiger partial charge in [-0.15, -0.1) is 0 Å². The Labute approximate surface area is 133 Å². The number of nitrogens with zero attached hydrogens (tertiary/aromatic N) is 3. The molecule has 0 radical (unpaired) electrons. The van der Waals surface area contributed by atoms with E-state index in [4.69, 9.17) is 4.74 Å². The average molecular weight is 324 g/mol. The minimum Gasteiger partial charge on any atom is -0.468 e. The Balaban J connectivity index is 1.88. The first-order valence-electron chi connectivity index (χ1n) is 7.31. The number of amides is 2. The Morgan fingerprint density at radius 2 is 2.00 bits per heavy atom. The number of rotatable bonds is 6. The molecule has 2 heterocycles. The van der Waals surface area contributed by atoms with Gasteiger partial charge in [0.05, 0.1) is 7.11 Å². The maximum absolute atomic E-state index is 11.9. The summed E-state index contributed by atoms with van der Waals surface area (Å²) in [6.45, 7) is 1.18. The molecule has 1 aromatic heterocycles. The lowest BCUT2D eigenvalue weighted by molar-refractivity contribution is -0.139. The van der Waals surface area contributed by atoms with Gasteiger partial charge in [0.1, 0.15) is 6.54 Å². The highest BCUT2D eigenvalue weighted by Crippen LogP contribution is 2.13. The first kappa shape index (κ1) is 16.8. The summed E-state index contributed by atoms with van der Waals surface area (Å²) in [5, 5.41) is 6.37. The van der Waals surface area contributed by atoms with Gasteiger partial charge in [-0.25, -0.2) is 4.68 Å². The molecule has 0 aliphatic carbocycles. The normalized spacial score (nSPS) is 13.7. The molecular formula is C14H20N4O5. The molecule has 1 aliphatic heterocycles. The second-order valence-electron chi connectivity index (χ2n) is 5.13. The number of methoxy groups -OCH3 is 1. The van der Waals surface area contributed by atoms with Crippen molar-refractivity contribution in [2.45, 2.75) is 12.8 Å². The second-order valence-corrected chi connectivity index (χ2v) is 5.13. The molecule has 9 heteroatoms. The fourth-order valence-corrected chi connectivity index (χ4v) is 2.20. The Morgan fingerprint density at radius 3 is 2.65 bits per heavy atom. The van der Waals surface area contributed by atoms with Crippen LogP contribution >= 0.6 is 0 Å². The summed E-state index contributed by atoms with van der Waals surface area (Å²) in [5.41, 5.74) is 0.0972. The summed E-state index contributed by atoms with van der Waals surface area (Å²) in [6.07, 6.45) is 2.03. The summed E-state index contributed by atoms with van der Waals surface area (Å²) in [4.78, 5) is 36.5. The number of esters is 1. The average Bonchev–Trinajstić information content (AvgIpc) is 3.19. The Morgan fingerprint density at radius 1 is 1.30 bits per heavy atom. The number of aromatic nitrogens is 2. The highest BCUT2D eigenvalue weighted by molar-refractivity contribution is 5.94. The molecule has 0 unspecified atom stereocenters. The molecule has 0 aromatic carbocycles. The van der Waals surface area contributed by atoms with Crippen LogP contribution in [0.4, 0.5) is 0 Å². The molecule has 1 saturated heterocycles. The van der Waals surface area contributed by atoms with E-state index in [1.54, 1.807) is 11.9 Å². The van der Waals surface area contributed by atoms with Crippen LogP contribution in [-0.4, -0.2) is 65.8 Å². The fraction of sp³-hybridized carbons (Fsp3) is 0.571. The third kappa shape index (κ3) is 4.44. The lowest BCUT2D eigenvalue weighted by atomic mass is 10.4. The van der Waals surface area contributed by atoms with Gasteiger partial charge in [-0.2, -0.15) is 5.10 Å². The van der Waals surface area contributed by atoms with Crippen LogP contribution in [0.1, 0.15) is 23.3 Å². The number of carbonyl (C=O) groups is 3. The van der Waals surface area contributed by atoms with E-state index in [0.29, 0.717) is 5.88 Å². The lowest BCUT2D eigenvalue weighted by Crippen LogP contribution is -2.32. The maximum atomic E-state index is 11.9. The van der Waals surface area contributed by atoms with E-state index < -0.39 is 11.9 Å². The summed E-state index contributed by atoms with van der Waals surface area (Å²) >= 11 is 0. The van der Waals surface area contributed by atoms with E-state index in [2.05, 4.69) is 15.2 Å². The molecule has 0 spiro atoms. The van der Waals surface area contributed by atoms with Crippen LogP contribution in [0.3, 0.4) is 0 Å². The zero-order chi connectivity index (χ0) is 16.8. The minimum absolute atomic E-state index is 0.0830. The molecule has 1 N–H and O–H groups in total. The molecule has 23 heavy (non-hydrogen) atoms. The lowest BCUT2D eigenvalue weighted by Gasteiger charge is -2.15. The number of aryl methyl sites for hydroxylation is 1. The summed E-state index contributed by atoms with van der Waals surface area (Å²) < 4.78 is 11.2. The molecule has 126 valence electrons. The highest BCUT2D eigenvalue weighted by atomic mass is 16.5. The summed E-state index contributed by atoms with van der Waals surface area (Å²) in [6, 6.07) is 1.42. The van der Waals surface area contributed by atoms with Crippen LogP contribution in [0.5, 0.6) is 5.88 Å². The van der Waals surface area contributed by atoms with Crippen LogP contribution in [0.2, 0.25) is 0 Å². The molecular weight excluding hydrogens is 304 g/mol. The van der Waals surface area contributed by atoms with Gasteiger partial charge in [0.15, 0.2) is 12.3 Å². The Kier molecular flexibility index (Phi) is 5.56. The predicted octanol–water partition coefficient (Wildman–Crippen LogP) is -0.676. The van der Waals surface area contributed by atoms with Crippen molar-refractivity contribution in [3.05, 3.63) is 11.8 Å². The third-order valence-corrected chi connectivity index (χ3v) is 3.49. The minimum atomic E-state index is -0.554. The van der Waals surface area contributed by atoms with Gasteiger partial charge in [-0.3, -0.25) is 14.4 Å². The van der Waals surface area contributed by atoms with E-state index in [-0.39, 0.29) is 24.8 Å². The van der Waals surface area contributed by atoms with Crippen molar-refractivity contribution in [1.29, 1.82) is 0 Å². The van der Waals surface area contributed by atoms with Gasteiger partial charge in [-0.1, -0.05) is 0 Å². The number of ether oxygens (including phenoxy) is 2. The first-order chi connectivity index (χ1) is 11.0. The molecule has 2 amide bonds. The second kappa shape index (κ2) is 7.61. The zero-order valence-corrected chi connectivity index (χ0v) is 13.2. The van der Waals surface area contributed by atoms with E-state index >= 15 is 0 Å². The van der Waals surface area contributed by atoms with E-state index in [0.717, 1.165) is 25.9 Å². The summed E-state index contributed by atoms with van der Waals surface area (Å²) in [7, 11) is 2.84. The molecule has 0 saturated carbocycles. The largest absolute Gasteiger partial charge is 0.468 e. The van der Waals surface area contributed by atoms with E-state index in [1.165, 1.54) is 17.9 Å². The van der Waals surface area contributed by atoms with Crippen LogP contribution in [0, 0.1) is 0 Å². The van der Waals surface area contributed by atoms with Gasteiger partial charge in [0.25, 0.3) is 11.8 Å². The Bertz CT molecular complexity index is 592. The Hall–Kier alpha value is -2.58. The number of nitrogens with one attached hydrogen (secondary N) is 1. The quantitative estimate of drug-likeness (QED) is 0.696. The predicted molar refractivity (Wildman–Crippen MR) is 78.9 cm³/mol. The van der Waals surface area contributed by atoms with Gasteiger partial charge >= 0.3 is 5.97 Å². The van der Waals surface area contributed by atoms with Gasteiger partial charge in [-0.05, 0) is 12.8 Å². The van der Waals surface area contributed by atoms with Crippen molar-refractivity contribution in [2.24, 2.45) is 7.05 Å². The molecule has 2 rings (SSSR count). The van der Waals surface area contributed by atoms with Crippen LogP contribution < -0.4 is 10.1 Å². The standard InChI is InChI=1S/C14H20N4O5/c1-17-12(23-9-11(19)18-5-3-4-6-18)7-10(16-17)14(21)15-8-13(20)22-2/h7H,3-6,8-9H2,1-2H3,(H,15,21).